The molecule has 0 radical (unpaired) electrons. The molecular formula is C24H37F2NO3. The fraction of sp³-hybridized carbons (Fsp3) is 0.500. The van der Waals surface area contributed by atoms with E-state index in [9.17, 15) is 8.78 Å². The number of ether oxygens (including phenoxy) is 3. The van der Waals surface area contributed by atoms with Crippen molar-refractivity contribution < 1.29 is 23.0 Å². The Bertz CT molecular complexity index is 713. The highest BCUT2D eigenvalue weighted by atomic mass is 19.3. The molecule has 0 spiro atoms. The van der Waals surface area contributed by atoms with Crippen molar-refractivity contribution in [3.8, 4) is 17.2 Å². The van der Waals surface area contributed by atoms with Gasteiger partial charge in [-0.15, -0.1) is 0 Å². The van der Waals surface area contributed by atoms with Crippen LogP contribution in [0.25, 0.3) is 0 Å². The van der Waals surface area contributed by atoms with Crippen LogP contribution in [0.1, 0.15) is 56.4 Å². The van der Waals surface area contributed by atoms with Gasteiger partial charge in [-0.2, -0.15) is 8.78 Å². The third-order valence-electron chi connectivity index (χ3n) is 3.87. The number of nitrogens with one attached hydrogen (secondary N) is 1. The van der Waals surface area contributed by atoms with Crippen molar-refractivity contribution in [1.29, 1.82) is 0 Å². The predicted molar refractivity (Wildman–Crippen MR) is 120 cm³/mol. The molecule has 0 heterocycles. The second-order valence-corrected chi connectivity index (χ2v) is 6.43. The van der Waals surface area contributed by atoms with Crippen LogP contribution >= 0.6 is 0 Å². The van der Waals surface area contributed by atoms with Crippen LogP contribution in [0, 0.1) is 13.8 Å². The minimum atomic E-state index is -2.82. The molecular weight excluding hydrogens is 388 g/mol. The SMILES string of the molecule is CC.CCC.COc1ccc(CNCc2cc(C)c(OC(F)F)c(C)c2)c(OC)c1. The molecule has 170 valence electrons. The van der Waals surface area contributed by atoms with E-state index in [1.54, 1.807) is 28.1 Å². The molecule has 4 nitrogen and oxygen atoms in total. The molecule has 30 heavy (non-hydrogen) atoms. The number of rotatable bonds is 8. The van der Waals surface area contributed by atoms with Crippen LogP contribution in [0.15, 0.2) is 30.3 Å². The smallest absolute Gasteiger partial charge is 0.387 e. The fourth-order valence-electron chi connectivity index (χ4n) is 2.76. The van der Waals surface area contributed by atoms with Crippen molar-refractivity contribution in [3.05, 3.63) is 52.6 Å². The molecule has 0 saturated carbocycles. The summed E-state index contributed by atoms with van der Waals surface area (Å²) in [4.78, 5) is 0. The van der Waals surface area contributed by atoms with Crippen molar-refractivity contribution in [2.45, 2.75) is 67.7 Å². The molecule has 0 unspecified atom stereocenters. The summed E-state index contributed by atoms with van der Waals surface area (Å²) >= 11 is 0. The zero-order chi connectivity index (χ0) is 23.1. The van der Waals surface area contributed by atoms with Crippen LogP contribution in [0.3, 0.4) is 0 Å². The summed E-state index contributed by atoms with van der Waals surface area (Å²) in [5.41, 5.74) is 3.40. The van der Waals surface area contributed by atoms with Gasteiger partial charge in [0.25, 0.3) is 0 Å². The molecule has 2 aromatic rings. The zero-order valence-electron chi connectivity index (χ0n) is 19.6. The molecule has 6 heteroatoms. The van der Waals surface area contributed by atoms with Gasteiger partial charge in [-0.05, 0) is 36.6 Å². The van der Waals surface area contributed by atoms with E-state index in [0.29, 0.717) is 24.2 Å². The monoisotopic (exact) mass is 425 g/mol. The summed E-state index contributed by atoms with van der Waals surface area (Å²) in [6.45, 7) is 10.2. The first-order valence-corrected chi connectivity index (χ1v) is 10.3. The summed E-state index contributed by atoms with van der Waals surface area (Å²) < 4.78 is 40.0. The maximum atomic E-state index is 12.4. The van der Waals surface area contributed by atoms with Crippen LogP contribution in [-0.2, 0) is 13.1 Å². The van der Waals surface area contributed by atoms with E-state index < -0.39 is 6.61 Å². The van der Waals surface area contributed by atoms with Crippen molar-refractivity contribution in [3.63, 3.8) is 0 Å². The Labute approximate surface area is 180 Å². The maximum Gasteiger partial charge on any atom is 0.387 e. The molecule has 2 aromatic carbocycles. The topological polar surface area (TPSA) is 39.7 Å². The molecule has 2 rings (SSSR count). The van der Waals surface area contributed by atoms with Gasteiger partial charge >= 0.3 is 6.61 Å². The minimum Gasteiger partial charge on any atom is -0.497 e. The first-order valence-electron chi connectivity index (χ1n) is 10.3. The number of alkyl halides is 2. The van der Waals surface area contributed by atoms with Gasteiger partial charge in [-0.1, -0.05) is 52.3 Å². The molecule has 1 N–H and O–H groups in total. The highest BCUT2D eigenvalue weighted by molar-refractivity contribution is 5.44. The molecule has 0 aliphatic rings. The van der Waals surface area contributed by atoms with E-state index in [1.807, 2.05) is 44.2 Å². The summed E-state index contributed by atoms with van der Waals surface area (Å²) in [7, 11) is 3.23. The number of benzene rings is 2. The molecule has 0 atom stereocenters. The quantitative estimate of drug-likeness (QED) is 0.514. The van der Waals surface area contributed by atoms with Gasteiger partial charge in [0.05, 0.1) is 14.2 Å². The van der Waals surface area contributed by atoms with Crippen molar-refractivity contribution in [1.82, 2.24) is 5.32 Å². The number of halogens is 2. The van der Waals surface area contributed by atoms with Crippen LogP contribution in [0.4, 0.5) is 8.78 Å². The van der Waals surface area contributed by atoms with Gasteiger partial charge in [0.15, 0.2) is 0 Å². The van der Waals surface area contributed by atoms with Gasteiger partial charge in [0, 0.05) is 24.7 Å². The molecule has 0 fully saturated rings. The number of hydrogen-bond donors (Lipinski definition) is 1. The Morgan fingerprint density at radius 1 is 0.900 bits per heavy atom. The molecule has 0 aliphatic carbocycles. The normalized spacial score (nSPS) is 9.83. The number of methoxy groups -OCH3 is 2. The third kappa shape index (κ3) is 9.44. The largest absolute Gasteiger partial charge is 0.497 e. The Hall–Kier alpha value is -2.34. The number of hydrogen-bond acceptors (Lipinski definition) is 4. The Kier molecular flexibility index (Phi) is 14.3. The third-order valence-corrected chi connectivity index (χ3v) is 3.87. The minimum absolute atomic E-state index is 0.246. The van der Waals surface area contributed by atoms with Gasteiger partial charge in [-0.3, -0.25) is 0 Å². The summed E-state index contributed by atoms with van der Waals surface area (Å²) in [6, 6.07) is 9.36. The second kappa shape index (κ2) is 15.5. The molecule has 0 saturated heterocycles. The summed E-state index contributed by atoms with van der Waals surface area (Å²) in [6.07, 6.45) is 1.25. The first-order chi connectivity index (χ1) is 14.4. The summed E-state index contributed by atoms with van der Waals surface area (Å²) in [5, 5.41) is 3.34. The standard InChI is InChI=1S/C19H23F2NO3.C3H8.C2H6/c1-12-7-14(8-13(2)18(12)25-19(20)21)10-22-11-15-5-6-16(23-3)9-17(15)24-4;1-3-2;1-2/h5-9,19,22H,10-11H2,1-4H3;3H2,1-2H3;1-2H3. The van der Waals surface area contributed by atoms with Gasteiger partial charge in [0.1, 0.15) is 17.2 Å². The van der Waals surface area contributed by atoms with E-state index in [0.717, 1.165) is 22.6 Å². The lowest BCUT2D eigenvalue weighted by atomic mass is 10.1. The molecule has 0 bridgehead atoms. The van der Waals surface area contributed by atoms with E-state index in [-0.39, 0.29) is 5.75 Å². The molecule has 0 aromatic heterocycles. The van der Waals surface area contributed by atoms with Crippen LogP contribution in [0.2, 0.25) is 0 Å². The van der Waals surface area contributed by atoms with E-state index >= 15 is 0 Å². The Morgan fingerprint density at radius 2 is 1.47 bits per heavy atom. The lowest BCUT2D eigenvalue weighted by Crippen LogP contribution is -2.14. The van der Waals surface area contributed by atoms with Crippen LogP contribution in [-0.4, -0.2) is 20.8 Å². The average Bonchev–Trinajstić information content (AvgIpc) is 2.73. The Balaban J connectivity index is 0.00000154. The second-order valence-electron chi connectivity index (χ2n) is 6.43. The number of aryl methyl sites for hydroxylation is 2. The average molecular weight is 426 g/mol. The molecule has 0 amide bonds. The van der Waals surface area contributed by atoms with Crippen LogP contribution in [0.5, 0.6) is 17.2 Å². The lowest BCUT2D eigenvalue weighted by Gasteiger charge is -2.14. The maximum absolute atomic E-state index is 12.4. The molecule has 0 aliphatic heterocycles. The highest BCUT2D eigenvalue weighted by Gasteiger charge is 2.12. The Morgan fingerprint density at radius 3 is 1.93 bits per heavy atom. The van der Waals surface area contributed by atoms with E-state index in [4.69, 9.17) is 9.47 Å². The van der Waals surface area contributed by atoms with Gasteiger partial charge < -0.3 is 19.5 Å². The van der Waals surface area contributed by atoms with Crippen molar-refractivity contribution in [2.24, 2.45) is 0 Å². The van der Waals surface area contributed by atoms with Crippen LogP contribution < -0.4 is 19.5 Å². The van der Waals surface area contributed by atoms with Gasteiger partial charge in [0.2, 0.25) is 0 Å². The summed E-state index contributed by atoms with van der Waals surface area (Å²) in [5.74, 6) is 1.73. The van der Waals surface area contributed by atoms with E-state index in [2.05, 4.69) is 23.9 Å². The lowest BCUT2D eigenvalue weighted by molar-refractivity contribution is -0.0507. The van der Waals surface area contributed by atoms with Crippen molar-refractivity contribution >= 4 is 0 Å². The highest BCUT2D eigenvalue weighted by Crippen LogP contribution is 2.27. The first kappa shape index (κ1) is 27.7. The zero-order valence-corrected chi connectivity index (χ0v) is 19.6. The van der Waals surface area contributed by atoms with Crippen molar-refractivity contribution in [2.75, 3.05) is 14.2 Å². The predicted octanol–water partition coefficient (Wildman–Crippen LogP) is 6.65. The van der Waals surface area contributed by atoms with E-state index in [1.165, 1.54) is 6.42 Å². The fourth-order valence-corrected chi connectivity index (χ4v) is 2.76. The van der Waals surface area contributed by atoms with Gasteiger partial charge in [-0.25, -0.2) is 0 Å².